The highest BCUT2D eigenvalue weighted by Gasteiger charge is 2.24. The number of aliphatic imine (C=N–C) groups is 1. The quantitative estimate of drug-likeness (QED) is 0.289. The Morgan fingerprint density at radius 2 is 2.23 bits per heavy atom. The molecular formula is C19H24ClIN8O. The zero-order valence-corrected chi connectivity index (χ0v) is 19.9. The second kappa shape index (κ2) is 10.2. The third-order valence-corrected chi connectivity index (χ3v) is 4.79. The molecule has 4 rings (SSSR count). The average molecular weight is 543 g/mol. The Bertz CT molecular complexity index is 1020. The molecule has 0 fully saturated rings. The minimum absolute atomic E-state index is 0. The number of hydrogen-bond donors (Lipinski definition) is 2. The molecule has 0 aliphatic carbocycles. The molecule has 0 amide bonds. The monoisotopic (exact) mass is 542 g/mol. The smallest absolute Gasteiger partial charge is 0.248 e. The van der Waals surface area contributed by atoms with Crippen molar-refractivity contribution in [3.8, 4) is 11.4 Å². The molecule has 0 saturated carbocycles. The largest absolute Gasteiger partial charge is 0.357 e. The molecule has 1 atom stereocenters. The van der Waals surface area contributed by atoms with Crippen LogP contribution in [0.15, 0.2) is 33.8 Å². The first-order valence-corrected chi connectivity index (χ1v) is 10.0. The van der Waals surface area contributed by atoms with E-state index in [1.807, 2.05) is 30.7 Å². The molecule has 160 valence electrons. The number of rotatable bonds is 5. The third kappa shape index (κ3) is 5.28. The minimum Gasteiger partial charge on any atom is -0.357 e. The topological polar surface area (TPSA) is 106 Å². The van der Waals surface area contributed by atoms with E-state index in [1.165, 1.54) is 0 Å². The molecule has 0 bridgehead atoms. The molecule has 3 aromatic rings. The Balaban J connectivity index is 0.00000256. The van der Waals surface area contributed by atoms with Gasteiger partial charge in [0.15, 0.2) is 5.96 Å². The third-order valence-electron chi connectivity index (χ3n) is 4.56. The summed E-state index contributed by atoms with van der Waals surface area (Å²) in [5, 5.41) is 15.8. The maximum absolute atomic E-state index is 6.03. The summed E-state index contributed by atoms with van der Waals surface area (Å²) in [6.45, 7) is 5.84. The number of aromatic nitrogens is 5. The number of hydrogen-bond acceptors (Lipinski definition) is 6. The van der Waals surface area contributed by atoms with Crippen molar-refractivity contribution < 1.29 is 4.52 Å². The number of halogens is 2. The summed E-state index contributed by atoms with van der Waals surface area (Å²) in [6.07, 6.45) is 2.02. The fraction of sp³-hybridized carbons (Fsp3) is 0.421. The second-order valence-corrected chi connectivity index (χ2v) is 7.23. The van der Waals surface area contributed by atoms with E-state index in [9.17, 15) is 0 Å². The van der Waals surface area contributed by atoms with E-state index < -0.39 is 0 Å². The van der Waals surface area contributed by atoms with Gasteiger partial charge in [0.2, 0.25) is 11.7 Å². The van der Waals surface area contributed by atoms with E-state index in [1.54, 1.807) is 12.1 Å². The van der Waals surface area contributed by atoms with Gasteiger partial charge >= 0.3 is 0 Å². The molecule has 11 heteroatoms. The zero-order valence-electron chi connectivity index (χ0n) is 16.8. The summed E-state index contributed by atoms with van der Waals surface area (Å²) >= 11 is 6.03. The van der Waals surface area contributed by atoms with Crippen LogP contribution in [0.5, 0.6) is 0 Å². The van der Waals surface area contributed by atoms with Gasteiger partial charge in [0, 0.05) is 23.7 Å². The number of guanidine groups is 1. The lowest BCUT2D eigenvalue weighted by molar-refractivity contribution is 0.379. The van der Waals surface area contributed by atoms with Crippen LogP contribution in [0.3, 0.4) is 0 Å². The predicted molar refractivity (Wildman–Crippen MR) is 125 cm³/mol. The predicted octanol–water partition coefficient (Wildman–Crippen LogP) is 3.50. The summed E-state index contributed by atoms with van der Waals surface area (Å²) < 4.78 is 7.31. The van der Waals surface area contributed by atoms with Crippen molar-refractivity contribution in [3.05, 3.63) is 46.8 Å². The molecular weight excluding hydrogens is 519 g/mol. The Morgan fingerprint density at radius 1 is 1.37 bits per heavy atom. The van der Waals surface area contributed by atoms with Crippen molar-refractivity contribution in [2.45, 2.75) is 45.8 Å². The summed E-state index contributed by atoms with van der Waals surface area (Å²) in [7, 11) is 0. The first-order valence-electron chi connectivity index (χ1n) is 9.67. The Morgan fingerprint density at radius 3 is 3.03 bits per heavy atom. The van der Waals surface area contributed by atoms with Gasteiger partial charge in [-0.25, -0.2) is 14.7 Å². The van der Waals surface area contributed by atoms with Crippen LogP contribution in [-0.4, -0.2) is 37.4 Å². The highest BCUT2D eigenvalue weighted by Crippen LogP contribution is 2.23. The van der Waals surface area contributed by atoms with Gasteiger partial charge in [0.05, 0.1) is 6.04 Å². The molecule has 1 aromatic carbocycles. The summed E-state index contributed by atoms with van der Waals surface area (Å²) in [6, 6.07) is 7.40. The van der Waals surface area contributed by atoms with Crippen LogP contribution in [0, 0.1) is 6.92 Å². The highest BCUT2D eigenvalue weighted by atomic mass is 127. The molecule has 1 aliphatic heterocycles. The Hall–Kier alpha value is -2.21. The SMILES string of the molecule is CCNC(=NCc1nc(-c2cccc(Cl)c2)no1)NC1CCCn2nc(C)nc21.I. The number of fused-ring (bicyclic) bond motifs is 1. The normalized spacial score (nSPS) is 16.0. The maximum Gasteiger partial charge on any atom is 0.248 e. The maximum atomic E-state index is 6.03. The van der Waals surface area contributed by atoms with Gasteiger partial charge in [0.25, 0.3) is 0 Å². The van der Waals surface area contributed by atoms with Crippen molar-refractivity contribution in [3.63, 3.8) is 0 Å². The second-order valence-electron chi connectivity index (χ2n) is 6.80. The molecule has 3 heterocycles. The molecule has 9 nitrogen and oxygen atoms in total. The summed E-state index contributed by atoms with van der Waals surface area (Å²) in [5.41, 5.74) is 0.804. The van der Waals surface area contributed by atoms with Gasteiger partial charge < -0.3 is 15.2 Å². The lowest BCUT2D eigenvalue weighted by Crippen LogP contribution is -2.41. The van der Waals surface area contributed by atoms with E-state index >= 15 is 0 Å². The Kier molecular flexibility index (Phi) is 7.64. The van der Waals surface area contributed by atoms with Gasteiger partial charge in [-0.3, -0.25) is 0 Å². The number of aryl methyl sites for hydroxylation is 2. The lowest BCUT2D eigenvalue weighted by Gasteiger charge is -2.24. The number of nitrogens with zero attached hydrogens (tertiary/aromatic N) is 6. The number of nitrogens with one attached hydrogen (secondary N) is 2. The average Bonchev–Trinajstić information content (AvgIpc) is 3.33. The van der Waals surface area contributed by atoms with Crippen molar-refractivity contribution in [1.29, 1.82) is 0 Å². The van der Waals surface area contributed by atoms with Gasteiger partial charge in [-0.1, -0.05) is 28.9 Å². The fourth-order valence-electron chi connectivity index (χ4n) is 3.30. The van der Waals surface area contributed by atoms with Crippen molar-refractivity contribution in [1.82, 2.24) is 35.5 Å². The van der Waals surface area contributed by atoms with Gasteiger partial charge in [-0.15, -0.1) is 24.0 Å². The van der Waals surface area contributed by atoms with Crippen LogP contribution in [0.4, 0.5) is 0 Å². The van der Waals surface area contributed by atoms with E-state index in [0.717, 1.165) is 43.1 Å². The van der Waals surface area contributed by atoms with Crippen molar-refractivity contribution in [2.75, 3.05) is 6.54 Å². The van der Waals surface area contributed by atoms with Gasteiger partial charge in [0.1, 0.15) is 18.2 Å². The van der Waals surface area contributed by atoms with Gasteiger partial charge in [-0.2, -0.15) is 10.1 Å². The van der Waals surface area contributed by atoms with Gasteiger partial charge in [-0.05, 0) is 38.8 Å². The summed E-state index contributed by atoms with van der Waals surface area (Å²) in [5.74, 6) is 3.33. The molecule has 0 spiro atoms. The van der Waals surface area contributed by atoms with Crippen LogP contribution < -0.4 is 10.6 Å². The molecule has 2 aromatic heterocycles. The highest BCUT2D eigenvalue weighted by molar-refractivity contribution is 14.0. The van der Waals surface area contributed by atoms with E-state index in [4.69, 9.17) is 16.1 Å². The van der Waals surface area contributed by atoms with Crippen LogP contribution in [0.25, 0.3) is 11.4 Å². The molecule has 30 heavy (non-hydrogen) atoms. The first-order chi connectivity index (χ1) is 14.1. The zero-order chi connectivity index (χ0) is 20.2. The molecule has 1 aliphatic rings. The minimum atomic E-state index is 0. The van der Waals surface area contributed by atoms with Crippen LogP contribution >= 0.6 is 35.6 Å². The fourth-order valence-corrected chi connectivity index (χ4v) is 3.49. The van der Waals surface area contributed by atoms with Crippen LogP contribution in [0.1, 0.15) is 43.3 Å². The van der Waals surface area contributed by atoms with E-state index in [-0.39, 0.29) is 36.6 Å². The lowest BCUT2D eigenvalue weighted by atomic mass is 10.1. The van der Waals surface area contributed by atoms with E-state index in [0.29, 0.717) is 22.7 Å². The van der Waals surface area contributed by atoms with Crippen molar-refractivity contribution in [2.24, 2.45) is 4.99 Å². The van der Waals surface area contributed by atoms with Crippen LogP contribution in [0.2, 0.25) is 5.02 Å². The van der Waals surface area contributed by atoms with Crippen molar-refractivity contribution >= 4 is 41.5 Å². The number of benzene rings is 1. The van der Waals surface area contributed by atoms with E-state index in [2.05, 4.69) is 35.8 Å². The van der Waals surface area contributed by atoms with Crippen LogP contribution in [-0.2, 0) is 13.1 Å². The standard InChI is InChI=1S/C19H23ClN8O.HI/c1-3-21-19(24-15-8-5-9-28-18(15)23-12(2)26-28)22-11-16-25-17(27-29-16)13-6-4-7-14(20)10-13;/h4,6-7,10,15H,3,5,8-9,11H2,1-2H3,(H2,21,22,24);1H. The summed E-state index contributed by atoms with van der Waals surface area (Å²) in [4.78, 5) is 13.6. The Labute approximate surface area is 196 Å². The molecule has 1 unspecified atom stereocenters. The first kappa shape index (κ1) is 22.5. The molecule has 0 radical (unpaired) electrons. The molecule has 2 N–H and O–H groups in total. The molecule has 0 saturated heterocycles.